The molecule has 0 atom stereocenters. The molecule has 1 aliphatic rings. The van der Waals surface area contributed by atoms with Gasteiger partial charge >= 0.3 is 0 Å². The van der Waals surface area contributed by atoms with Crippen molar-refractivity contribution in [1.82, 2.24) is 14.9 Å². The number of halogens is 3. The van der Waals surface area contributed by atoms with Gasteiger partial charge in [0.25, 0.3) is 5.91 Å². The largest absolute Gasteiger partial charge is 0.366 e. The first-order valence-corrected chi connectivity index (χ1v) is 10.6. The summed E-state index contributed by atoms with van der Waals surface area (Å²) in [7, 11) is 0. The molecule has 0 spiro atoms. The first kappa shape index (κ1) is 20.9. The molecule has 8 heteroatoms. The lowest BCUT2D eigenvalue weighted by Gasteiger charge is -2.17. The monoisotopic (exact) mass is 460 g/mol. The summed E-state index contributed by atoms with van der Waals surface area (Å²) in [5.74, 6) is 0.357. The fourth-order valence-electron chi connectivity index (χ4n) is 3.45. The number of aryl methyl sites for hydroxylation is 2. The van der Waals surface area contributed by atoms with Gasteiger partial charge in [0.15, 0.2) is 0 Å². The van der Waals surface area contributed by atoms with E-state index in [0.29, 0.717) is 41.2 Å². The van der Waals surface area contributed by atoms with E-state index in [-0.39, 0.29) is 11.2 Å². The number of nitrogens with one attached hydrogen (secondary N) is 1. The molecule has 3 aromatic rings. The van der Waals surface area contributed by atoms with Crippen molar-refractivity contribution in [2.75, 3.05) is 5.32 Å². The van der Waals surface area contributed by atoms with Gasteiger partial charge in [-0.15, -0.1) is 0 Å². The lowest BCUT2D eigenvalue weighted by Crippen LogP contribution is -2.23. The van der Waals surface area contributed by atoms with Crippen LogP contribution in [0.4, 0.5) is 5.82 Å². The van der Waals surface area contributed by atoms with Crippen molar-refractivity contribution >= 4 is 46.5 Å². The number of fused-ring (bicyclic) bond motifs is 1. The maximum atomic E-state index is 12.9. The SMILES string of the molecule is Cc1ccc(CNc2nc(Cl)nc3c2CN(Cc2cccc(Cl)c2Cl)C3=O)cc1C. The van der Waals surface area contributed by atoms with E-state index < -0.39 is 0 Å². The summed E-state index contributed by atoms with van der Waals surface area (Å²) in [6, 6.07) is 11.7. The maximum absolute atomic E-state index is 12.9. The quantitative estimate of drug-likeness (QED) is 0.486. The molecule has 30 heavy (non-hydrogen) atoms. The first-order chi connectivity index (χ1) is 14.3. The molecule has 1 aliphatic heterocycles. The van der Waals surface area contributed by atoms with Crippen molar-refractivity contribution in [2.45, 2.75) is 33.5 Å². The molecule has 5 nitrogen and oxygen atoms in total. The summed E-state index contributed by atoms with van der Waals surface area (Å²) < 4.78 is 0. The minimum absolute atomic E-state index is 0.0346. The molecule has 0 radical (unpaired) electrons. The van der Waals surface area contributed by atoms with Gasteiger partial charge < -0.3 is 10.2 Å². The molecule has 0 unspecified atom stereocenters. The van der Waals surface area contributed by atoms with E-state index in [1.165, 1.54) is 11.1 Å². The zero-order valence-corrected chi connectivity index (χ0v) is 18.7. The lowest BCUT2D eigenvalue weighted by atomic mass is 10.1. The normalized spacial score (nSPS) is 13.0. The van der Waals surface area contributed by atoms with Gasteiger partial charge in [-0.1, -0.05) is 53.5 Å². The average molecular weight is 462 g/mol. The Balaban J connectivity index is 1.57. The van der Waals surface area contributed by atoms with Crippen LogP contribution in [0.5, 0.6) is 0 Å². The van der Waals surface area contributed by atoms with E-state index in [2.05, 4.69) is 47.3 Å². The van der Waals surface area contributed by atoms with Crippen molar-refractivity contribution in [1.29, 1.82) is 0 Å². The predicted molar refractivity (Wildman–Crippen MR) is 120 cm³/mol. The summed E-state index contributed by atoms with van der Waals surface area (Å²) >= 11 is 18.5. The summed E-state index contributed by atoms with van der Waals surface area (Å²) in [6.07, 6.45) is 0. The molecule has 154 valence electrons. The van der Waals surface area contributed by atoms with Gasteiger partial charge in [-0.25, -0.2) is 9.97 Å². The topological polar surface area (TPSA) is 58.1 Å². The van der Waals surface area contributed by atoms with Crippen molar-refractivity contribution in [3.63, 3.8) is 0 Å². The Kier molecular flexibility index (Phi) is 5.87. The molecule has 0 saturated heterocycles. The molecular weight excluding hydrogens is 443 g/mol. The predicted octanol–water partition coefficient (Wildman–Crippen LogP) is 5.82. The molecule has 1 N–H and O–H groups in total. The number of hydrogen-bond donors (Lipinski definition) is 1. The van der Waals surface area contributed by atoms with Crippen LogP contribution in [0.1, 0.15) is 38.3 Å². The number of aromatic nitrogens is 2. The third-order valence-corrected chi connectivity index (χ3v) is 6.27. The van der Waals surface area contributed by atoms with Crippen LogP contribution in [0.15, 0.2) is 36.4 Å². The first-order valence-electron chi connectivity index (χ1n) is 9.42. The van der Waals surface area contributed by atoms with Gasteiger partial charge in [0.05, 0.1) is 16.6 Å². The molecule has 2 aromatic carbocycles. The Morgan fingerprint density at radius 2 is 1.87 bits per heavy atom. The molecule has 0 saturated carbocycles. The maximum Gasteiger partial charge on any atom is 0.273 e. The molecule has 1 aromatic heterocycles. The summed E-state index contributed by atoms with van der Waals surface area (Å²) in [5, 5.41) is 4.25. The van der Waals surface area contributed by atoms with E-state index in [0.717, 1.165) is 16.7 Å². The van der Waals surface area contributed by atoms with Gasteiger partial charge in [0.2, 0.25) is 5.28 Å². The second kappa shape index (κ2) is 8.42. The zero-order valence-electron chi connectivity index (χ0n) is 16.5. The highest BCUT2D eigenvalue weighted by atomic mass is 35.5. The second-order valence-corrected chi connectivity index (χ2v) is 8.44. The molecule has 0 aliphatic carbocycles. The zero-order chi connectivity index (χ0) is 21.4. The Labute approximate surface area is 190 Å². The Morgan fingerprint density at radius 3 is 2.63 bits per heavy atom. The highest BCUT2D eigenvalue weighted by molar-refractivity contribution is 6.42. The van der Waals surface area contributed by atoms with E-state index in [1.54, 1.807) is 11.0 Å². The Morgan fingerprint density at radius 1 is 1.07 bits per heavy atom. The fourth-order valence-corrected chi connectivity index (χ4v) is 3.99. The number of hydrogen-bond acceptors (Lipinski definition) is 4. The fraction of sp³-hybridized carbons (Fsp3) is 0.227. The van der Waals surface area contributed by atoms with Crippen LogP contribution < -0.4 is 5.32 Å². The average Bonchev–Trinajstić information content (AvgIpc) is 3.02. The van der Waals surface area contributed by atoms with Crippen molar-refractivity contribution < 1.29 is 4.79 Å². The van der Waals surface area contributed by atoms with Crippen LogP contribution in [0.3, 0.4) is 0 Å². The Hall–Kier alpha value is -2.34. The summed E-state index contributed by atoms with van der Waals surface area (Å²) in [5.41, 5.74) is 5.40. The number of carbonyl (C=O) groups excluding carboxylic acids is 1. The van der Waals surface area contributed by atoms with Crippen molar-refractivity contribution in [3.05, 3.63) is 85.2 Å². The van der Waals surface area contributed by atoms with Crippen LogP contribution in [-0.2, 0) is 19.6 Å². The number of carbonyl (C=O) groups is 1. The highest BCUT2D eigenvalue weighted by Gasteiger charge is 2.33. The molecule has 2 heterocycles. The van der Waals surface area contributed by atoms with Gasteiger partial charge in [-0.05, 0) is 53.8 Å². The smallest absolute Gasteiger partial charge is 0.273 e. The number of anilines is 1. The van der Waals surface area contributed by atoms with Crippen molar-refractivity contribution in [2.24, 2.45) is 0 Å². The number of benzene rings is 2. The molecule has 4 rings (SSSR count). The lowest BCUT2D eigenvalue weighted by molar-refractivity contribution is 0.0762. The van der Waals surface area contributed by atoms with Crippen LogP contribution >= 0.6 is 34.8 Å². The van der Waals surface area contributed by atoms with Gasteiger partial charge in [-0.3, -0.25) is 4.79 Å². The van der Waals surface area contributed by atoms with Crippen LogP contribution in [-0.4, -0.2) is 20.8 Å². The van der Waals surface area contributed by atoms with Gasteiger partial charge in [-0.2, -0.15) is 0 Å². The highest BCUT2D eigenvalue weighted by Crippen LogP contribution is 2.32. The van der Waals surface area contributed by atoms with E-state index >= 15 is 0 Å². The van der Waals surface area contributed by atoms with Crippen LogP contribution in [0, 0.1) is 13.8 Å². The molecule has 1 amide bonds. The van der Waals surface area contributed by atoms with Crippen molar-refractivity contribution in [3.8, 4) is 0 Å². The van der Waals surface area contributed by atoms with E-state index in [1.807, 2.05) is 12.1 Å². The number of rotatable bonds is 5. The van der Waals surface area contributed by atoms with Crippen LogP contribution in [0.2, 0.25) is 15.3 Å². The minimum atomic E-state index is -0.209. The third-order valence-electron chi connectivity index (χ3n) is 5.24. The Bertz CT molecular complexity index is 1150. The molecule has 0 fully saturated rings. The minimum Gasteiger partial charge on any atom is -0.366 e. The van der Waals surface area contributed by atoms with Gasteiger partial charge in [0.1, 0.15) is 11.5 Å². The number of amides is 1. The van der Waals surface area contributed by atoms with Crippen LogP contribution in [0.25, 0.3) is 0 Å². The number of nitrogens with zero attached hydrogens (tertiary/aromatic N) is 3. The second-order valence-electron chi connectivity index (χ2n) is 7.31. The van der Waals surface area contributed by atoms with Gasteiger partial charge in [0, 0.05) is 18.7 Å². The standard InChI is InChI=1S/C22H19Cl3N4O/c1-12-6-7-14(8-13(12)2)9-26-20-16-11-29(21(30)19(16)27-22(25)28-20)10-15-4-3-5-17(23)18(15)24/h3-8H,9-11H2,1-2H3,(H,26,27,28). The molecular formula is C22H19Cl3N4O. The van der Waals surface area contributed by atoms with E-state index in [4.69, 9.17) is 34.8 Å². The molecule has 0 bridgehead atoms. The summed E-state index contributed by atoms with van der Waals surface area (Å²) in [6.45, 7) is 5.41. The third kappa shape index (κ3) is 4.10. The summed E-state index contributed by atoms with van der Waals surface area (Å²) in [4.78, 5) is 23.1. The van der Waals surface area contributed by atoms with E-state index in [9.17, 15) is 4.79 Å².